The van der Waals surface area contributed by atoms with Crippen molar-refractivity contribution in [2.45, 2.75) is 254 Å². The molecule has 0 spiro atoms. The third-order valence-corrected chi connectivity index (χ3v) is 19.1. The van der Waals surface area contributed by atoms with E-state index >= 15 is 28.8 Å². The van der Waals surface area contributed by atoms with E-state index in [1.807, 2.05) is 41.5 Å². The van der Waals surface area contributed by atoms with E-state index in [4.69, 9.17) is 4.74 Å². The molecule has 1 aliphatic heterocycles. The summed E-state index contributed by atoms with van der Waals surface area (Å²) in [6.07, 6.45) is 3.58. The van der Waals surface area contributed by atoms with Gasteiger partial charge in [0.1, 0.15) is 60.4 Å². The van der Waals surface area contributed by atoms with Crippen molar-refractivity contribution in [3.8, 4) is 0 Å². The molecule has 10 amide bonds. The number of aliphatic hydroxyl groups is 2. The number of thioether (sulfide) groups is 1. The van der Waals surface area contributed by atoms with E-state index in [1.165, 1.54) is 125 Å². The molecule has 556 valence electrons. The SMILES string of the molecule is C/C=C/C[C@@H](C)[C@@H](O)[C@H]1C(=O)N[C@@H](CC)C(=O)N(C)[C@H](CSCCCCC(=O)OC)C(=O)CN(C)[C@@H](CC(C)(C)O)C(=O)N[C@@H](C(C)C)C(=O)N(C)[C@@H](CC(C)C)C(=O)N[C@@H](C)C(=O)N[C@H](C)C(=O)N(C)[C@@H](CC(C)C)C(=O)N(C)[C@@H](CC(C)C)C(=O)N(C)[C@@H](C(C)C)C(=O)N1C. The lowest BCUT2D eigenvalue weighted by molar-refractivity contribution is -0.157. The maximum atomic E-state index is 15.4. The molecule has 13 atom stereocenters. The monoisotopic (exact) mass is 1390 g/mol. The molecule has 1 heterocycles. The number of unbranched alkanes of at least 4 members (excludes halogenated alkanes) is 1. The molecule has 6 N–H and O–H groups in total. The number of nitrogens with one attached hydrogen (secondary N) is 4. The number of ether oxygens (including phenoxy) is 1. The molecule has 0 unspecified atom stereocenters. The number of likely N-dealkylation sites (N-methyl/N-ethyl adjacent to an activating group) is 7. The number of esters is 1. The predicted octanol–water partition coefficient (Wildman–Crippen LogP) is 3.87. The van der Waals surface area contributed by atoms with Gasteiger partial charge >= 0.3 is 5.97 Å². The zero-order valence-electron chi connectivity index (χ0n) is 63.3. The van der Waals surface area contributed by atoms with Crippen LogP contribution in [0.15, 0.2) is 12.2 Å². The van der Waals surface area contributed by atoms with Gasteiger partial charge < -0.3 is 65.6 Å². The van der Waals surface area contributed by atoms with Crippen LogP contribution in [0.5, 0.6) is 0 Å². The summed E-state index contributed by atoms with van der Waals surface area (Å²) in [6, 6.07) is -14.1. The first-order valence-electron chi connectivity index (χ1n) is 34.6. The third-order valence-electron chi connectivity index (χ3n) is 18.0. The Balaban J connectivity index is 4.51. The van der Waals surface area contributed by atoms with Crippen LogP contribution in [-0.4, -0.2) is 268 Å². The zero-order valence-corrected chi connectivity index (χ0v) is 64.1. The van der Waals surface area contributed by atoms with Gasteiger partial charge in [0.05, 0.1) is 31.4 Å². The Morgan fingerprint density at radius 1 is 0.577 bits per heavy atom. The summed E-state index contributed by atoms with van der Waals surface area (Å²) in [7, 11) is 11.3. The Morgan fingerprint density at radius 2 is 1.05 bits per heavy atom. The minimum atomic E-state index is -1.67. The van der Waals surface area contributed by atoms with Crippen LogP contribution >= 0.6 is 11.8 Å². The molecule has 0 aromatic rings. The van der Waals surface area contributed by atoms with Crippen LogP contribution in [0, 0.1) is 35.5 Å². The van der Waals surface area contributed by atoms with Crippen molar-refractivity contribution in [1.82, 2.24) is 55.6 Å². The van der Waals surface area contributed by atoms with Crippen molar-refractivity contribution >= 4 is 82.6 Å². The second-order valence-electron chi connectivity index (χ2n) is 29.2. The lowest BCUT2D eigenvalue weighted by Crippen LogP contribution is -2.64. The maximum absolute atomic E-state index is 15.4. The van der Waals surface area contributed by atoms with Gasteiger partial charge in [-0.3, -0.25) is 62.4 Å². The number of carbonyl (C=O) groups excluding carboxylic acids is 12. The second-order valence-corrected chi connectivity index (χ2v) is 30.4. The fourth-order valence-electron chi connectivity index (χ4n) is 11.9. The molecule has 27 heteroatoms. The molecule has 1 aliphatic rings. The summed E-state index contributed by atoms with van der Waals surface area (Å²) in [6.45, 7) is 28.4. The van der Waals surface area contributed by atoms with Gasteiger partial charge in [-0.05, 0) is 128 Å². The Morgan fingerprint density at radius 3 is 1.54 bits per heavy atom. The Hall–Kier alpha value is -6.19. The fourth-order valence-corrected chi connectivity index (χ4v) is 13.1. The maximum Gasteiger partial charge on any atom is 0.305 e. The Labute approximate surface area is 584 Å². The third kappa shape index (κ3) is 27.1. The molecule has 26 nitrogen and oxygen atoms in total. The zero-order chi connectivity index (χ0) is 75.0. The fraction of sp³-hybridized carbons (Fsp3) is 0.800. The van der Waals surface area contributed by atoms with E-state index in [2.05, 4.69) is 21.3 Å². The summed E-state index contributed by atoms with van der Waals surface area (Å²) >= 11 is 1.33. The number of allylic oxidation sites excluding steroid dienone is 2. The lowest BCUT2D eigenvalue weighted by Gasteiger charge is -2.41. The average molecular weight is 1390 g/mol. The quantitative estimate of drug-likeness (QED) is 0.0509. The Kier molecular flexibility index (Phi) is 37.9. The summed E-state index contributed by atoms with van der Waals surface area (Å²) in [5.74, 6) is -9.98. The number of amides is 10. The molecular formula is C70H125N11O15S. The molecule has 0 aliphatic carbocycles. The molecule has 1 rings (SSSR count). The highest BCUT2D eigenvalue weighted by Gasteiger charge is 2.46. The van der Waals surface area contributed by atoms with Gasteiger partial charge in [-0.15, -0.1) is 0 Å². The number of ketones is 1. The van der Waals surface area contributed by atoms with Gasteiger partial charge in [-0.25, -0.2) is 0 Å². The van der Waals surface area contributed by atoms with Gasteiger partial charge in [-0.1, -0.05) is 95.2 Å². The van der Waals surface area contributed by atoms with Crippen molar-refractivity contribution in [2.24, 2.45) is 35.5 Å². The van der Waals surface area contributed by atoms with E-state index in [1.54, 1.807) is 60.6 Å². The predicted molar refractivity (Wildman–Crippen MR) is 377 cm³/mol. The van der Waals surface area contributed by atoms with Gasteiger partial charge in [0.25, 0.3) is 0 Å². The number of nitrogens with zero attached hydrogens (tertiary/aromatic N) is 7. The smallest absolute Gasteiger partial charge is 0.305 e. The Bertz CT molecular complexity index is 2670. The van der Waals surface area contributed by atoms with Crippen LogP contribution in [0.4, 0.5) is 0 Å². The van der Waals surface area contributed by atoms with E-state index in [9.17, 15) is 39.0 Å². The normalized spacial score (nSPS) is 26.2. The van der Waals surface area contributed by atoms with Crippen LogP contribution in [0.2, 0.25) is 0 Å². The molecule has 0 saturated carbocycles. The lowest BCUT2D eigenvalue weighted by atomic mass is 9.91. The number of hydrogen-bond acceptors (Lipinski definition) is 17. The molecule has 97 heavy (non-hydrogen) atoms. The molecule has 1 saturated heterocycles. The minimum Gasteiger partial charge on any atom is -0.469 e. The average Bonchev–Trinajstić information content (AvgIpc) is 0.848. The largest absolute Gasteiger partial charge is 0.469 e. The highest BCUT2D eigenvalue weighted by Crippen LogP contribution is 2.27. The summed E-state index contributed by atoms with van der Waals surface area (Å²) < 4.78 is 4.80. The van der Waals surface area contributed by atoms with E-state index in [-0.39, 0.29) is 74.4 Å². The molecule has 1 fully saturated rings. The first kappa shape index (κ1) is 88.8. The van der Waals surface area contributed by atoms with Crippen LogP contribution in [0.25, 0.3) is 0 Å². The van der Waals surface area contributed by atoms with Gasteiger partial charge in [-0.2, -0.15) is 11.8 Å². The number of rotatable bonds is 22. The molecule has 0 radical (unpaired) electrons. The minimum absolute atomic E-state index is 0.0188. The van der Waals surface area contributed by atoms with Gasteiger partial charge in [0, 0.05) is 60.9 Å². The summed E-state index contributed by atoms with van der Waals surface area (Å²) in [5, 5.41) is 34.7. The van der Waals surface area contributed by atoms with Crippen LogP contribution in [0.1, 0.15) is 175 Å². The summed E-state index contributed by atoms with van der Waals surface area (Å²) in [4.78, 5) is 184. The van der Waals surface area contributed by atoms with Gasteiger partial charge in [0.15, 0.2) is 5.78 Å². The molecule has 0 aromatic heterocycles. The summed E-state index contributed by atoms with van der Waals surface area (Å²) in [5.41, 5.74) is -1.52. The van der Waals surface area contributed by atoms with Crippen molar-refractivity contribution < 1.29 is 72.5 Å². The van der Waals surface area contributed by atoms with Crippen LogP contribution in [-0.2, 0) is 62.3 Å². The number of carbonyl (C=O) groups is 12. The number of hydrogen-bond donors (Lipinski definition) is 6. The molecule has 0 aromatic carbocycles. The first-order valence-corrected chi connectivity index (χ1v) is 35.7. The van der Waals surface area contributed by atoms with Crippen LogP contribution in [0.3, 0.4) is 0 Å². The standard InChI is InChI=1S/C70H125N11O15S/c1-26-28-31-45(13)59(84)58-63(88)73-48(27-2)65(90)79(22)53(39-97-33-30-29-32-55(83)96-25)54(82)38-75(18)52(37-70(16,17)95)62(87)74-56(43(9)10)68(93)76(19)49(34-40(3)4)61(86)71-46(14)60(85)72-47(15)64(89)77(20)50(35-41(5)6)66(91)78(21)51(36-42(7)8)67(92)80(23)57(44(11)12)69(94)81(58)24/h26,28,40-53,56-59,84,95H,27,29-39H2,1-25H3,(H,71,86)(H,72,85)(H,73,88)(H,74,87)/b28-26+/t45-,46+,47-,48+,49+,50+,51+,52+,53-,56+,57+,58+,59-/m1/s1. The van der Waals surface area contributed by atoms with Gasteiger partial charge in [0.2, 0.25) is 59.1 Å². The van der Waals surface area contributed by atoms with Crippen LogP contribution < -0.4 is 21.3 Å². The van der Waals surface area contributed by atoms with E-state index in [0.29, 0.717) is 18.6 Å². The highest BCUT2D eigenvalue weighted by atomic mass is 32.2. The number of methoxy groups -OCH3 is 1. The van der Waals surface area contributed by atoms with Crippen molar-refractivity contribution in [3.05, 3.63) is 12.2 Å². The second kappa shape index (κ2) is 41.4. The molecular weight excluding hydrogens is 1270 g/mol. The van der Waals surface area contributed by atoms with Crippen molar-refractivity contribution in [2.75, 3.05) is 74.5 Å². The topological polar surface area (TPSA) is 325 Å². The number of Topliss-reactive ketones (excluding diaryl/α,β-unsaturated/α-hetero) is 1. The van der Waals surface area contributed by atoms with E-state index < -0.39 is 167 Å². The van der Waals surface area contributed by atoms with Crippen molar-refractivity contribution in [1.29, 1.82) is 0 Å². The highest BCUT2D eigenvalue weighted by molar-refractivity contribution is 7.99. The van der Waals surface area contributed by atoms with Crippen molar-refractivity contribution in [3.63, 3.8) is 0 Å². The first-order chi connectivity index (χ1) is 44.8. The molecule has 0 bridgehead atoms. The van der Waals surface area contributed by atoms with E-state index in [0.717, 1.165) is 4.90 Å². The number of aliphatic hydroxyl groups excluding tert-OH is 1.